The number of thiophene rings is 1. The van der Waals surface area contributed by atoms with E-state index in [9.17, 15) is 13.2 Å². The van der Waals surface area contributed by atoms with Crippen LogP contribution in [0.4, 0.5) is 5.69 Å². The van der Waals surface area contributed by atoms with Gasteiger partial charge in [-0.3, -0.25) is 14.1 Å². The fourth-order valence-corrected chi connectivity index (χ4v) is 6.92. The third kappa shape index (κ3) is 4.23. The predicted molar refractivity (Wildman–Crippen MR) is 156 cm³/mol. The van der Waals surface area contributed by atoms with Crippen LogP contribution < -0.4 is 9.62 Å². The summed E-state index contributed by atoms with van der Waals surface area (Å²) in [6.07, 6.45) is 5.29. The number of fused-ring (bicyclic) bond motifs is 3. The van der Waals surface area contributed by atoms with Crippen molar-refractivity contribution in [3.8, 4) is 22.3 Å². The maximum atomic E-state index is 13.2. The molecule has 8 nitrogen and oxygen atoms in total. The number of amides is 1. The van der Waals surface area contributed by atoms with E-state index in [1.54, 1.807) is 61.5 Å². The van der Waals surface area contributed by atoms with Crippen LogP contribution >= 0.6 is 11.3 Å². The fraction of sp³-hybridized carbons (Fsp3) is 0.0690. The van der Waals surface area contributed by atoms with Crippen molar-refractivity contribution in [2.24, 2.45) is 0 Å². The van der Waals surface area contributed by atoms with Gasteiger partial charge in [-0.05, 0) is 65.0 Å². The van der Waals surface area contributed by atoms with Gasteiger partial charge in [0.05, 0.1) is 10.6 Å². The average Bonchev–Trinajstić information content (AvgIpc) is 3.65. The summed E-state index contributed by atoms with van der Waals surface area (Å²) in [4.78, 5) is 24.7. The Balaban J connectivity index is 1.59. The molecule has 0 saturated heterocycles. The maximum Gasteiger partial charge on any atom is 0.264 e. The van der Waals surface area contributed by atoms with E-state index < -0.39 is 10.0 Å². The Hall–Kier alpha value is -4.54. The minimum atomic E-state index is -3.70. The number of nitrogens with zero attached hydrogens (tertiary/aromatic N) is 3. The van der Waals surface area contributed by atoms with Gasteiger partial charge in [0.1, 0.15) is 5.65 Å². The molecule has 4 heterocycles. The van der Waals surface area contributed by atoms with Crippen molar-refractivity contribution in [3.05, 3.63) is 95.6 Å². The molecule has 6 rings (SSSR count). The Morgan fingerprint density at radius 3 is 2.46 bits per heavy atom. The van der Waals surface area contributed by atoms with E-state index in [1.807, 2.05) is 42.6 Å². The Morgan fingerprint density at radius 1 is 1.00 bits per heavy atom. The quantitative estimate of drug-likeness (QED) is 0.275. The third-order valence-electron chi connectivity index (χ3n) is 6.78. The molecule has 39 heavy (non-hydrogen) atoms. The van der Waals surface area contributed by atoms with Crippen LogP contribution in [-0.4, -0.2) is 43.4 Å². The molecule has 2 aromatic carbocycles. The lowest BCUT2D eigenvalue weighted by Gasteiger charge is -2.19. The van der Waals surface area contributed by atoms with E-state index in [0.717, 1.165) is 38.5 Å². The lowest BCUT2D eigenvalue weighted by Crippen LogP contribution is -2.26. The second-order valence-corrected chi connectivity index (χ2v) is 11.7. The van der Waals surface area contributed by atoms with Crippen LogP contribution in [-0.2, 0) is 10.0 Å². The van der Waals surface area contributed by atoms with Gasteiger partial charge < -0.3 is 10.3 Å². The fourth-order valence-electron chi connectivity index (χ4n) is 4.72. The molecule has 0 aliphatic carbocycles. The first-order valence-corrected chi connectivity index (χ1v) is 14.5. The monoisotopic (exact) mass is 553 g/mol. The number of carbonyl (C=O) groups is 1. The molecular formula is C29H23N5O3S2. The first-order chi connectivity index (χ1) is 18.9. The number of H-pyrrole nitrogens is 1. The topological polar surface area (TPSA) is 108 Å². The normalized spacial score (nSPS) is 11.6. The van der Waals surface area contributed by atoms with E-state index in [1.165, 1.54) is 15.6 Å². The smallest absolute Gasteiger partial charge is 0.264 e. The summed E-state index contributed by atoms with van der Waals surface area (Å²) in [6.45, 7) is 0. The molecule has 4 aromatic heterocycles. The number of carbonyl (C=O) groups excluding carboxylic acids is 1. The Bertz CT molecular complexity index is 1930. The minimum Gasteiger partial charge on any atom is -0.355 e. The summed E-state index contributed by atoms with van der Waals surface area (Å²) in [5, 5.41) is 7.73. The van der Waals surface area contributed by atoms with Crippen molar-refractivity contribution >= 4 is 54.9 Å². The standard InChI is InChI=1S/C29H23N5O3S2/c1-30-29(35)20-5-3-18(4-6-20)24-16-32-28-27(26(24)19-9-12-31-13-10-19)23-15-21(7-8-25(23)33-28)34(2)39(36,37)22-11-14-38-17-22/h3-17H,1-2H3,(H,30,35)(H,32,33). The molecule has 0 atom stereocenters. The first-order valence-electron chi connectivity index (χ1n) is 12.1. The number of benzene rings is 2. The molecule has 0 radical (unpaired) electrons. The summed E-state index contributed by atoms with van der Waals surface area (Å²) in [7, 11) is -0.542. The molecule has 0 aliphatic heterocycles. The number of hydrogen-bond acceptors (Lipinski definition) is 6. The van der Waals surface area contributed by atoms with Gasteiger partial charge >= 0.3 is 0 Å². The predicted octanol–water partition coefficient (Wildman–Crippen LogP) is 5.69. The SMILES string of the molecule is CNC(=O)c1ccc(-c2cnc3[nH]c4ccc(N(C)S(=O)(=O)c5ccsc5)cc4c3c2-c2ccncc2)cc1. The van der Waals surface area contributed by atoms with Crippen LogP contribution in [0.1, 0.15) is 10.4 Å². The largest absolute Gasteiger partial charge is 0.355 e. The van der Waals surface area contributed by atoms with Crippen molar-refractivity contribution in [2.75, 3.05) is 18.4 Å². The molecule has 194 valence electrons. The zero-order valence-electron chi connectivity index (χ0n) is 21.0. The highest BCUT2D eigenvalue weighted by Gasteiger charge is 2.23. The second kappa shape index (κ2) is 9.64. The molecule has 0 saturated carbocycles. The molecule has 6 aromatic rings. The van der Waals surface area contributed by atoms with Crippen molar-refractivity contribution in [2.45, 2.75) is 4.90 Å². The van der Waals surface area contributed by atoms with E-state index >= 15 is 0 Å². The number of aromatic amines is 1. The second-order valence-electron chi connectivity index (χ2n) is 8.95. The summed E-state index contributed by atoms with van der Waals surface area (Å²) in [5.74, 6) is -0.157. The van der Waals surface area contributed by atoms with Gasteiger partial charge in [-0.15, -0.1) is 0 Å². The Morgan fingerprint density at radius 2 is 1.77 bits per heavy atom. The number of pyridine rings is 2. The van der Waals surface area contributed by atoms with E-state index in [0.29, 0.717) is 16.9 Å². The molecule has 10 heteroatoms. The Labute approximate surface area is 229 Å². The maximum absolute atomic E-state index is 13.2. The number of anilines is 1. The highest BCUT2D eigenvalue weighted by molar-refractivity contribution is 7.93. The number of nitrogens with one attached hydrogen (secondary N) is 2. The highest BCUT2D eigenvalue weighted by Crippen LogP contribution is 2.41. The summed E-state index contributed by atoms with van der Waals surface area (Å²) in [5.41, 5.74) is 6.26. The van der Waals surface area contributed by atoms with Crippen molar-refractivity contribution in [1.82, 2.24) is 20.3 Å². The van der Waals surface area contributed by atoms with E-state index in [2.05, 4.69) is 15.3 Å². The lowest BCUT2D eigenvalue weighted by atomic mass is 9.93. The van der Waals surface area contributed by atoms with Gasteiger partial charge in [0.25, 0.3) is 15.9 Å². The third-order valence-corrected chi connectivity index (χ3v) is 9.39. The van der Waals surface area contributed by atoms with Gasteiger partial charge in [0, 0.05) is 71.0 Å². The van der Waals surface area contributed by atoms with Crippen LogP contribution in [0.3, 0.4) is 0 Å². The van der Waals surface area contributed by atoms with Crippen LogP contribution in [0.15, 0.2) is 94.9 Å². The molecular weight excluding hydrogens is 530 g/mol. The van der Waals surface area contributed by atoms with Gasteiger partial charge in [0.15, 0.2) is 0 Å². The first kappa shape index (κ1) is 24.8. The molecule has 0 aliphatic rings. The highest BCUT2D eigenvalue weighted by atomic mass is 32.2. The molecule has 1 amide bonds. The number of rotatable bonds is 6. The van der Waals surface area contributed by atoms with Gasteiger partial charge in [0.2, 0.25) is 0 Å². The summed E-state index contributed by atoms with van der Waals surface area (Å²) >= 11 is 1.34. The van der Waals surface area contributed by atoms with Crippen molar-refractivity contribution < 1.29 is 13.2 Å². The number of hydrogen-bond donors (Lipinski definition) is 2. The molecule has 2 N–H and O–H groups in total. The summed E-state index contributed by atoms with van der Waals surface area (Å²) in [6, 6.07) is 18.4. The molecule has 0 fully saturated rings. The summed E-state index contributed by atoms with van der Waals surface area (Å²) < 4.78 is 27.8. The van der Waals surface area contributed by atoms with Gasteiger partial charge in [-0.2, -0.15) is 11.3 Å². The molecule has 0 spiro atoms. The number of aromatic nitrogens is 3. The van der Waals surface area contributed by atoms with Crippen molar-refractivity contribution in [1.29, 1.82) is 0 Å². The zero-order chi connectivity index (χ0) is 27.1. The molecule has 0 bridgehead atoms. The van der Waals surface area contributed by atoms with Gasteiger partial charge in [-0.25, -0.2) is 13.4 Å². The van der Waals surface area contributed by atoms with Gasteiger partial charge in [-0.1, -0.05) is 12.1 Å². The van der Waals surface area contributed by atoms with Crippen LogP contribution in [0.5, 0.6) is 0 Å². The van der Waals surface area contributed by atoms with E-state index in [4.69, 9.17) is 4.98 Å². The van der Waals surface area contributed by atoms with Crippen LogP contribution in [0, 0.1) is 0 Å². The van der Waals surface area contributed by atoms with Crippen LogP contribution in [0.2, 0.25) is 0 Å². The Kier molecular flexibility index (Phi) is 6.13. The molecule has 0 unspecified atom stereocenters. The van der Waals surface area contributed by atoms with Crippen molar-refractivity contribution in [3.63, 3.8) is 0 Å². The van der Waals surface area contributed by atoms with E-state index in [-0.39, 0.29) is 10.8 Å². The average molecular weight is 554 g/mol. The lowest BCUT2D eigenvalue weighted by molar-refractivity contribution is 0.0963. The van der Waals surface area contributed by atoms with Crippen LogP contribution in [0.25, 0.3) is 44.2 Å². The minimum absolute atomic E-state index is 0.157. The zero-order valence-corrected chi connectivity index (χ0v) is 22.7. The number of sulfonamides is 1.